The number of rotatable bonds is 4. The van der Waals surface area contributed by atoms with Crippen molar-refractivity contribution in [3.63, 3.8) is 0 Å². The SMILES string of the molecule is O=C1C(=O)N(c2ccc(F)cc2)C(c2c[nH]c3ccccc23)/C1=C(\O)c1cccc([N+](=O)[O-])c1. The van der Waals surface area contributed by atoms with E-state index in [-0.39, 0.29) is 22.5 Å². The molecule has 0 radical (unpaired) electrons. The Bertz CT molecular complexity index is 1510. The Morgan fingerprint density at radius 1 is 1.03 bits per heavy atom. The van der Waals surface area contributed by atoms with Gasteiger partial charge in [-0.3, -0.25) is 24.6 Å². The highest BCUT2D eigenvalue weighted by Gasteiger charge is 2.47. The van der Waals surface area contributed by atoms with Gasteiger partial charge in [0.2, 0.25) is 0 Å². The number of aromatic nitrogens is 1. The lowest BCUT2D eigenvalue weighted by molar-refractivity contribution is -0.384. The average Bonchev–Trinajstić information content (AvgIpc) is 3.38. The van der Waals surface area contributed by atoms with Gasteiger partial charge in [0, 0.05) is 46.0 Å². The van der Waals surface area contributed by atoms with E-state index in [0.29, 0.717) is 10.9 Å². The van der Waals surface area contributed by atoms with Crippen molar-refractivity contribution in [1.29, 1.82) is 0 Å². The molecule has 1 aliphatic rings. The van der Waals surface area contributed by atoms with E-state index >= 15 is 0 Å². The summed E-state index contributed by atoms with van der Waals surface area (Å²) in [7, 11) is 0. The number of carbonyl (C=O) groups is 2. The van der Waals surface area contributed by atoms with Gasteiger partial charge in [0.1, 0.15) is 11.6 Å². The van der Waals surface area contributed by atoms with Gasteiger partial charge >= 0.3 is 0 Å². The molecule has 1 amide bonds. The molecule has 1 saturated heterocycles. The number of nitrogens with one attached hydrogen (secondary N) is 1. The average molecular weight is 457 g/mol. The van der Waals surface area contributed by atoms with Crippen LogP contribution in [0.25, 0.3) is 16.7 Å². The Morgan fingerprint density at radius 3 is 2.50 bits per heavy atom. The van der Waals surface area contributed by atoms with Gasteiger partial charge < -0.3 is 10.1 Å². The van der Waals surface area contributed by atoms with Crippen LogP contribution in [-0.4, -0.2) is 26.7 Å². The van der Waals surface area contributed by atoms with Crippen LogP contribution < -0.4 is 4.90 Å². The van der Waals surface area contributed by atoms with E-state index in [1.807, 2.05) is 12.1 Å². The summed E-state index contributed by atoms with van der Waals surface area (Å²) in [5, 5.41) is 23.1. The minimum Gasteiger partial charge on any atom is -0.507 e. The van der Waals surface area contributed by atoms with Gasteiger partial charge in [-0.15, -0.1) is 0 Å². The number of carbonyl (C=O) groups excluding carboxylic acids is 2. The van der Waals surface area contributed by atoms with Crippen molar-refractivity contribution >= 4 is 39.7 Å². The maximum Gasteiger partial charge on any atom is 0.300 e. The van der Waals surface area contributed by atoms with Gasteiger partial charge in [0.25, 0.3) is 17.4 Å². The molecule has 34 heavy (non-hydrogen) atoms. The zero-order valence-electron chi connectivity index (χ0n) is 17.4. The molecule has 1 aromatic heterocycles. The third-order valence-corrected chi connectivity index (χ3v) is 5.80. The molecule has 4 aromatic rings. The quantitative estimate of drug-likeness (QED) is 0.150. The second-order valence-electron chi connectivity index (χ2n) is 7.74. The number of anilines is 1. The van der Waals surface area contributed by atoms with Gasteiger partial charge in [-0.25, -0.2) is 4.39 Å². The number of fused-ring (bicyclic) bond motifs is 1. The van der Waals surface area contributed by atoms with Crippen molar-refractivity contribution in [3.05, 3.63) is 112 Å². The first kappa shape index (κ1) is 21.1. The number of aliphatic hydroxyl groups is 1. The third kappa shape index (κ3) is 3.30. The number of aliphatic hydroxyl groups excluding tert-OH is 1. The molecule has 0 bridgehead atoms. The van der Waals surface area contributed by atoms with Crippen molar-refractivity contribution in [2.45, 2.75) is 6.04 Å². The number of amides is 1. The standard InChI is InChI=1S/C25H16FN3O5/c26-15-8-10-16(11-9-15)28-22(19-13-27-20-7-2-1-6-18(19)20)21(24(31)25(28)32)23(30)14-4-3-5-17(12-14)29(33)34/h1-13,22,27,30H/b23-21+. The number of nitro groups is 1. The molecule has 5 rings (SSSR count). The molecule has 1 aliphatic heterocycles. The number of H-pyrrole nitrogens is 1. The number of non-ortho nitro benzene ring substituents is 1. The van der Waals surface area contributed by atoms with E-state index in [4.69, 9.17) is 0 Å². The molecule has 168 valence electrons. The third-order valence-electron chi connectivity index (χ3n) is 5.80. The first-order chi connectivity index (χ1) is 16.4. The molecular formula is C25H16FN3O5. The van der Waals surface area contributed by atoms with Crippen LogP contribution >= 0.6 is 0 Å². The highest BCUT2D eigenvalue weighted by Crippen LogP contribution is 2.44. The molecule has 9 heteroatoms. The Kier molecular flexibility index (Phi) is 4.94. The Hall–Kier alpha value is -4.79. The van der Waals surface area contributed by atoms with Crippen LogP contribution in [-0.2, 0) is 9.59 Å². The maximum absolute atomic E-state index is 13.6. The lowest BCUT2D eigenvalue weighted by atomic mass is 9.94. The van der Waals surface area contributed by atoms with E-state index in [1.165, 1.54) is 47.4 Å². The predicted molar refractivity (Wildman–Crippen MR) is 123 cm³/mol. The number of halogens is 1. The summed E-state index contributed by atoms with van der Waals surface area (Å²) in [5.74, 6) is -2.92. The summed E-state index contributed by atoms with van der Waals surface area (Å²) in [6.07, 6.45) is 1.64. The monoisotopic (exact) mass is 457 g/mol. The zero-order valence-corrected chi connectivity index (χ0v) is 17.4. The van der Waals surface area contributed by atoms with Gasteiger partial charge in [-0.2, -0.15) is 0 Å². The summed E-state index contributed by atoms with van der Waals surface area (Å²) >= 11 is 0. The number of para-hydroxylation sites is 1. The molecule has 2 N–H and O–H groups in total. The number of hydrogen-bond acceptors (Lipinski definition) is 5. The molecule has 1 unspecified atom stereocenters. The van der Waals surface area contributed by atoms with Gasteiger partial charge in [0.15, 0.2) is 0 Å². The van der Waals surface area contributed by atoms with Crippen LogP contribution in [0.15, 0.2) is 84.6 Å². The highest BCUT2D eigenvalue weighted by molar-refractivity contribution is 6.51. The van der Waals surface area contributed by atoms with Crippen LogP contribution in [0, 0.1) is 15.9 Å². The van der Waals surface area contributed by atoms with Crippen molar-refractivity contribution in [2.24, 2.45) is 0 Å². The van der Waals surface area contributed by atoms with Crippen molar-refractivity contribution in [1.82, 2.24) is 4.98 Å². The van der Waals surface area contributed by atoms with Crippen molar-refractivity contribution in [3.8, 4) is 0 Å². The molecule has 1 atom stereocenters. The molecule has 0 aliphatic carbocycles. The van der Waals surface area contributed by atoms with Crippen LogP contribution in [0.2, 0.25) is 0 Å². The summed E-state index contributed by atoms with van der Waals surface area (Å²) in [4.78, 5) is 41.3. The molecule has 3 aromatic carbocycles. The fourth-order valence-electron chi connectivity index (χ4n) is 4.24. The number of nitrogens with zero attached hydrogens (tertiary/aromatic N) is 2. The lowest BCUT2D eigenvalue weighted by Crippen LogP contribution is -2.29. The smallest absolute Gasteiger partial charge is 0.300 e. The molecular weight excluding hydrogens is 441 g/mol. The van der Waals surface area contributed by atoms with E-state index in [9.17, 15) is 29.2 Å². The Labute approximate surface area is 191 Å². The van der Waals surface area contributed by atoms with Crippen LogP contribution in [0.4, 0.5) is 15.8 Å². The minimum atomic E-state index is -1.05. The van der Waals surface area contributed by atoms with Gasteiger partial charge in [-0.1, -0.05) is 30.3 Å². The Balaban J connectivity index is 1.77. The van der Waals surface area contributed by atoms with E-state index in [0.717, 1.165) is 11.6 Å². The molecule has 0 saturated carbocycles. The number of ketones is 1. The number of Topliss-reactive ketones (excluding diaryl/α,β-unsaturated/α-hetero) is 1. The predicted octanol–water partition coefficient (Wildman–Crippen LogP) is 4.84. The normalized spacial score (nSPS) is 17.4. The largest absolute Gasteiger partial charge is 0.507 e. The van der Waals surface area contributed by atoms with E-state index in [2.05, 4.69) is 4.98 Å². The van der Waals surface area contributed by atoms with E-state index in [1.54, 1.807) is 18.3 Å². The van der Waals surface area contributed by atoms with Crippen molar-refractivity contribution < 1.29 is 24.0 Å². The zero-order chi connectivity index (χ0) is 24.0. The number of benzene rings is 3. The van der Waals surface area contributed by atoms with Crippen LogP contribution in [0.5, 0.6) is 0 Å². The second-order valence-corrected chi connectivity index (χ2v) is 7.74. The van der Waals surface area contributed by atoms with E-state index < -0.39 is 34.2 Å². The fourth-order valence-corrected chi connectivity index (χ4v) is 4.24. The molecule has 1 fully saturated rings. The number of aromatic amines is 1. The summed E-state index contributed by atoms with van der Waals surface area (Å²) in [5.41, 5.74) is 1.07. The summed E-state index contributed by atoms with van der Waals surface area (Å²) < 4.78 is 13.6. The number of hydrogen-bond donors (Lipinski definition) is 2. The Morgan fingerprint density at radius 2 is 1.76 bits per heavy atom. The summed E-state index contributed by atoms with van der Waals surface area (Å²) in [6, 6.07) is 16.5. The first-order valence-electron chi connectivity index (χ1n) is 10.2. The molecule has 8 nitrogen and oxygen atoms in total. The highest BCUT2D eigenvalue weighted by atomic mass is 19.1. The second kappa shape index (κ2) is 7.96. The molecule has 0 spiro atoms. The summed E-state index contributed by atoms with van der Waals surface area (Å²) in [6.45, 7) is 0. The minimum absolute atomic E-state index is 0.0242. The van der Waals surface area contributed by atoms with Gasteiger partial charge in [0.05, 0.1) is 16.5 Å². The lowest BCUT2D eigenvalue weighted by Gasteiger charge is -2.25. The number of nitro benzene ring substituents is 1. The van der Waals surface area contributed by atoms with Gasteiger partial charge in [-0.05, 0) is 30.3 Å². The maximum atomic E-state index is 13.6. The van der Waals surface area contributed by atoms with Crippen LogP contribution in [0.1, 0.15) is 17.2 Å². The van der Waals surface area contributed by atoms with Crippen LogP contribution in [0.3, 0.4) is 0 Å². The van der Waals surface area contributed by atoms with Crippen molar-refractivity contribution in [2.75, 3.05) is 4.90 Å². The fraction of sp³-hybridized carbons (Fsp3) is 0.0400. The molecule has 2 heterocycles. The first-order valence-corrected chi connectivity index (χ1v) is 10.2. The topological polar surface area (TPSA) is 117 Å².